The SMILES string of the molecule is C=CC(=O)C1C2CCC(C2)C1N. The summed E-state index contributed by atoms with van der Waals surface area (Å²) < 4.78 is 0. The molecule has 0 aromatic rings. The monoisotopic (exact) mass is 165 g/mol. The average Bonchev–Trinajstić information content (AvgIpc) is 2.63. The van der Waals surface area contributed by atoms with Crippen LogP contribution in [0.15, 0.2) is 12.7 Å². The van der Waals surface area contributed by atoms with Crippen molar-refractivity contribution in [3.63, 3.8) is 0 Å². The minimum atomic E-state index is 0.0984. The molecule has 0 saturated heterocycles. The molecule has 2 nitrogen and oxygen atoms in total. The number of ketones is 1. The highest BCUT2D eigenvalue weighted by Gasteiger charge is 2.47. The Hall–Kier alpha value is -0.630. The van der Waals surface area contributed by atoms with E-state index in [9.17, 15) is 4.79 Å². The molecular weight excluding hydrogens is 150 g/mol. The molecule has 12 heavy (non-hydrogen) atoms. The van der Waals surface area contributed by atoms with Gasteiger partial charge in [-0.15, -0.1) is 0 Å². The Morgan fingerprint density at radius 3 is 2.58 bits per heavy atom. The molecule has 4 atom stereocenters. The summed E-state index contributed by atoms with van der Waals surface area (Å²) in [5.74, 6) is 1.44. The minimum absolute atomic E-state index is 0.0984. The molecule has 0 aromatic carbocycles. The summed E-state index contributed by atoms with van der Waals surface area (Å²) in [5.41, 5.74) is 5.97. The summed E-state index contributed by atoms with van der Waals surface area (Å²) in [6.45, 7) is 3.52. The van der Waals surface area contributed by atoms with E-state index in [2.05, 4.69) is 6.58 Å². The van der Waals surface area contributed by atoms with Gasteiger partial charge in [-0.1, -0.05) is 6.58 Å². The second-order valence-electron chi connectivity index (χ2n) is 4.04. The normalized spacial score (nSPS) is 44.8. The molecule has 2 heteroatoms. The molecule has 2 N–H and O–H groups in total. The highest BCUT2D eigenvalue weighted by Crippen LogP contribution is 2.47. The number of rotatable bonds is 2. The molecule has 0 radical (unpaired) electrons. The predicted molar refractivity (Wildman–Crippen MR) is 47.5 cm³/mol. The summed E-state index contributed by atoms with van der Waals surface area (Å²) in [7, 11) is 0. The van der Waals surface area contributed by atoms with Gasteiger partial charge in [0.05, 0.1) is 0 Å². The Morgan fingerprint density at radius 1 is 1.42 bits per heavy atom. The van der Waals surface area contributed by atoms with Gasteiger partial charge in [0.15, 0.2) is 5.78 Å². The molecule has 0 aromatic heterocycles. The van der Waals surface area contributed by atoms with Crippen LogP contribution in [-0.2, 0) is 4.79 Å². The predicted octanol–water partition coefficient (Wildman–Crippen LogP) is 1.11. The maximum atomic E-state index is 11.4. The zero-order valence-corrected chi connectivity index (χ0v) is 7.20. The molecule has 4 unspecified atom stereocenters. The number of carbonyl (C=O) groups is 1. The Bertz CT molecular complexity index is 222. The number of fused-ring (bicyclic) bond motifs is 2. The Balaban J connectivity index is 2.16. The topological polar surface area (TPSA) is 43.1 Å². The average molecular weight is 165 g/mol. The van der Waals surface area contributed by atoms with E-state index < -0.39 is 0 Å². The van der Waals surface area contributed by atoms with Crippen LogP contribution in [0.3, 0.4) is 0 Å². The summed E-state index contributed by atoms with van der Waals surface area (Å²) in [6.07, 6.45) is 5.03. The molecule has 2 rings (SSSR count). The maximum Gasteiger partial charge on any atom is 0.160 e. The third-order valence-electron chi connectivity index (χ3n) is 3.51. The zero-order chi connectivity index (χ0) is 8.72. The van der Waals surface area contributed by atoms with Gasteiger partial charge in [0.1, 0.15) is 0 Å². The second-order valence-corrected chi connectivity index (χ2v) is 4.04. The molecular formula is C10H15NO. The van der Waals surface area contributed by atoms with Gasteiger partial charge in [0, 0.05) is 12.0 Å². The van der Waals surface area contributed by atoms with E-state index in [-0.39, 0.29) is 17.7 Å². The van der Waals surface area contributed by atoms with Crippen molar-refractivity contribution in [2.45, 2.75) is 25.3 Å². The number of allylic oxidation sites excluding steroid dienone is 1. The fourth-order valence-corrected chi connectivity index (χ4v) is 2.89. The smallest absolute Gasteiger partial charge is 0.160 e. The van der Waals surface area contributed by atoms with E-state index in [1.807, 2.05) is 0 Å². The van der Waals surface area contributed by atoms with Crippen molar-refractivity contribution in [2.75, 3.05) is 0 Å². The number of hydrogen-bond donors (Lipinski definition) is 1. The van der Waals surface area contributed by atoms with Crippen molar-refractivity contribution < 1.29 is 4.79 Å². The summed E-state index contributed by atoms with van der Waals surface area (Å²) >= 11 is 0. The van der Waals surface area contributed by atoms with Crippen LogP contribution in [-0.4, -0.2) is 11.8 Å². The first-order chi connectivity index (χ1) is 5.74. The fraction of sp³-hybridized carbons (Fsp3) is 0.700. The highest BCUT2D eigenvalue weighted by atomic mass is 16.1. The minimum Gasteiger partial charge on any atom is -0.327 e. The highest BCUT2D eigenvalue weighted by molar-refractivity contribution is 5.92. The largest absolute Gasteiger partial charge is 0.327 e. The fourth-order valence-electron chi connectivity index (χ4n) is 2.89. The molecule has 2 aliphatic carbocycles. The van der Waals surface area contributed by atoms with Crippen LogP contribution in [0.1, 0.15) is 19.3 Å². The molecule has 0 amide bonds. The Morgan fingerprint density at radius 2 is 2.08 bits per heavy atom. The van der Waals surface area contributed by atoms with Gasteiger partial charge < -0.3 is 5.73 Å². The van der Waals surface area contributed by atoms with Crippen LogP contribution in [0, 0.1) is 17.8 Å². The van der Waals surface area contributed by atoms with Gasteiger partial charge >= 0.3 is 0 Å². The van der Waals surface area contributed by atoms with E-state index in [1.54, 1.807) is 0 Å². The number of carbonyl (C=O) groups excluding carboxylic acids is 1. The Labute approximate surface area is 72.8 Å². The van der Waals surface area contributed by atoms with Crippen molar-refractivity contribution in [1.82, 2.24) is 0 Å². The molecule has 0 heterocycles. The third kappa shape index (κ3) is 0.944. The first-order valence-corrected chi connectivity index (χ1v) is 4.66. The lowest BCUT2D eigenvalue weighted by Gasteiger charge is -2.25. The van der Waals surface area contributed by atoms with E-state index in [0.717, 1.165) is 0 Å². The van der Waals surface area contributed by atoms with E-state index in [4.69, 9.17) is 5.73 Å². The van der Waals surface area contributed by atoms with Crippen molar-refractivity contribution in [3.8, 4) is 0 Å². The molecule has 2 fully saturated rings. The third-order valence-corrected chi connectivity index (χ3v) is 3.51. The van der Waals surface area contributed by atoms with Gasteiger partial charge in [0.25, 0.3) is 0 Å². The molecule has 2 bridgehead atoms. The number of nitrogens with two attached hydrogens (primary N) is 1. The number of hydrogen-bond acceptors (Lipinski definition) is 2. The van der Waals surface area contributed by atoms with Gasteiger partial charge in [-0.05, 0) is 37.2 Å². The first kappa shape index (κ1) is 7.99. The molecule has 2 aliphatic rings. The van der Waals surface area contributed by atoms with Crippen molar-refractivity contribution in [3.05, 3.63) is 12.7 Å². The van der Waals surface area contributed by atoms with Crippen LogP contribution in [0.4, 0.5) is 0 Å². The first-order valence-electron chi connectivity index (χ1n) is 4.66. The summed E-state index contributed by atoms with van der Waals surface area (Å²) in [6, 6.07) is 0.120. The molecule has 0 spiro atoms. The van der Waals surface area contributed by atoms with Crippen LogP contribution in [0.2, 0.25) is 0 Å². The molecule has 2 saturated carbocycles. The molecule has 66 valence electrons. The van der Waals surface area contributed by atoms with Crippen molar-refractivity contribution in [1.29, 1.82) is 0 Å². The maximum absolute atomic E-state index is 11.4. The van der Waals surface area contributed by atoms with E-state index >= 15 is 0 Å². The van der Waals surface area contributed by atoms with Gasteiger partial charge in [-0.25, -0.2) is 0 Å². The van der Waals surface area contributed by atoms with Crippen LogP contribution in [0.5, 0.6) is 0 Å². The Kier molecular flexibility index (Phi) is 1.80. The lowest BCUT2D eigenvalue weighted by Crippen LogP contribution is -2.39. The summed E-state index contributed by atoms with van der Waals surface area (Å²) in [5, 5.41) is 0. The lowest BCUT2D eigenvalue weighted by molar-refractivity contribution is -0.120. The van der Waals surface area contributed by atoms with Crippen LogP contribution < -0.4 is 5.73 Å². The van der Waals surface area contributed by atoms with Crippen molar-refractivity contribution in [2.24, 2.45) is 23.5 Å². The zero-order valence-electron chi connectivity index (χ0n) is 7.20. The van der Waals surface area contributed by atoms with Crippen LogP contribution >= 0.6 is 0 Å². The standard InChI is InChI=1S/C10H15NO/c1-2-8(12)9-6-3-4-7(5-6)10(9)11/h2,6-7,9-10H,1,3-5,11H2. The quantitative estimate of drug-likeness (QED) is 0.623. The van der Waals surface area contributed by atoms with Crippen molar-refractivity contribution >= 4 is 5.78 Å². The van der Waals surface area contributed by atoms with Gasteiger partial charge in [-0.2, -0.15) is 0 Å². The lowest BCUT2D eigenvalue weighted by atomic mass is 9.82. The van der Waals surface area contributed by atoms with E-state index in [0.29, 0.717) is 11.8 Å². The molecule has 0 aliphatic heterocycles. The van der Waals surface area contributed by atoms with E-state index in [1.165, 1.54) is 25.3 Å². The van der Waals surface area contributed by atoms with Gasteiger partial charge in [0.2, 0.25) is 0 Å². The summed E-state index contributed by atoms with van der Waals surface area (Å²) in [4.78, 5) is 11.4. The van der Waals surface area contributed by atoms with Gasteiger partial charge in [-0.3, -0.25) is 4.79 Å². The van der Waals surface area contributed by atoms with Crippen LogP contribution in [0.25, 0.3) is 0 Å². The second kappa shape index (κ2) is 2.70.